The van der Waals surface area contributed by atoms with Gasteiger partial charge < -0.3 is 16.0 Å². The molecule has 6 nitrogen and oxygen atoms in total. The molecule has 0 unspecified atom stereocenters. The van der Waals surface area contributed by atoms with Gasteiger partial charge in [-0.25, -0.2) is 0 Å². The Morgan fingerprint density at radius 2 is 1.84 bits per heavy atom. The van der Waals surface area contributed by atoms with Crippen LogP contribution in [-0.2, 0) is 4.79 Å². The van der Waals surface area contributed by atoms with Crippen LogP contribution in [0.5, 0.6) is 0 Å². The number of nitrogens with one attached hydrogen (secondary N) is 3. The van der Waals surface area contributed by atoms with Crippen LogP contribution in [0.25, 0.3) is 0 Å². The molecule has 0 aliphatic heterocycles. The number of halogens is 4. The van der Waals surface area contributed by atoms with Crippen molar-refractivity contribution in [3.8, 4) is 0 Å². The van der Waals surface area contributed by atoms with Crippen molar-refractivity contribution in [3.05, 3.63) is 0 Å². The molecule has 0 spiro atoms. The highest BCUT2D eigenvalue weighted by atomic mass is 127. The van der Waals surface area contributed by atoms with Gasteiger partial charge in [-0.1, -0.05) is 0 Å². The molecular formula is C15H29F3IN5O. The van der Waals surface area contributed by atoms with Crippen LogP contribution in [0.4, 0.5) is 13.2 Å². The molecule has 0 heterocycles. The first-order valence-corrected chi connectivity index (χ1v) is 8.37. The van der Waals surface area contributed by atoms with Crippen LogP contribution in [0, 0.1) is 5.92 Å². The molecule has 0 saturated heterocycles. The summed E-state index contributed by atoms with van der Waals surface area (Å²) >= 11 is 0. The molecule has 1 rings (SSSR count). The van der Waals surface area contributed by atoms with E-state index in [0.717, 1.165) is 12.8 Å². The Balaban J connectivity index is 0.00000576. The lowest BCUT2D eigenvalue weighted by atomic mass is 10.4. The summed E-state index contributed by atoms with van der Waals surface area (Å²) in [4.78, 5) is 17.0. The van der Waals surface area contributed by atoms with Gasteiger partial charge in [0.25, 0.3) is 0 Å². The van der Waals surface area contributed by atoms with Crippen LogP contribution < -0.4 is 16.0 Å². The minimum atomic E-state index is -4.17. The van der Waals surface area contributed by atoms with Crippen molar-refractivity contribution < 1.29 is 18.0 Å². The van der Waals surface area contributed by atoms with Crippen LogP contribution in [0.1, 0.15) is 26.2 Å². The van der Waals surface area contributed by atoms with E-state index in [-0.39, 0.29) is 35.8 Å². The molecule has 1 aliphatic carbocycles. The molecule has 0 radical (unpaired) electrons. The van der Waals surface area contributed by atoms with E-state index in [1.54, 1.807) is 0 Å². The van der Waals surface area contributed by atoms with Gasteiger partial charge >= 0.3 is 6.18 Å². The van der Waals surface area contributed by atoms with Crippen molar-refractivity contribution in [1.29, 1.82) is 0 Å². The highest BCUT2D eigenvalue weighted by Gasteiger charge is 2.29. The third kappa shape index (κ3) is 13.1. The fraction of sp³-hybridized carbons (Fsp3) is 0.867. The zero-order chi connectivity index (χ0) is 18.0. The van der Waals surface area contributed by atoms with Crippen molar-refractivity contribution in [2.45, 2.75) is 32.4 Å². The standard InChI is InChI=1S/C15H28F3N5O.HI/c1-3-19-14(22-9-8-20-13(24)12-5-6-12)21-7-4-10-23(2)11-15(16,17)18;/h12H,3-11H2,1-2H3,(H,20,24)(H2,19,21,22);1H. The molecule has 1 amide bonds. The lowest BCUT2D eigenvalue weighted by Gasteiger charge is -2.18. The molecule has 1 aliphatic rings. The first-order chi connectivity index (χ1) is 11.3. The van der Waals surface area contributed by atoms with E-state index >= 15 is 0 Å². The summed E-state index contributed by atoms with van der Waals surface area (Å²) in [7, 11) is 1.45. The Morgan fingerprint density at radius 1 is 1.20 bits per heavy atom. The number of amides is 1. The topological polar surface area (TPSA) is 68.8 Å². The van der Waals surface area contributed by atoms with E-state index in [9.17, 15) is 18.0 Å². The quantitative estimate of drug-likeness (QED) is 0.193. The maximum absolute atomic E-state index is 12.2. The maximum Gasteiger partial charge on any atom is 0.401 e. The molecule has 0 bridgehead atoms. The number of hydrogen-bond donors (Lipinski definition) is 3. The molecule has 1 fully saturated rings. The highest BCUT2D eigenvalue weighted by Crippen LogP contribution is 2.28. The van der Waals surface area contributed by atoms with Crippen LogP contribution in [0.15, 0.2) is 4.99 Å². The average Bonchev–Trinajstić information content (AvgIpc) is 3.30. The molecule has 3 N–H and O–H groups in total. The second-order valence-electron chi connectivity index (χ2n) is 5.96. The number of aliphatic imine (C=N–C) groups is 1. The Bertz CT molecular complexity index is 416. The molecule has 0 atom stereocenters. The van der Waals surface area contributed by atoms with Crippen molar-refractivity contribution in [2.75, 3.05) is 46.3 Å². The number of hydrogen-bond acceptors (Lipinski definition) is 3. The van der Waals surface area contributed by atoms with E-state index in [0.29, 0.717) is 45.1 Å². The summed E-state index contributed by atoms with van der Waals surface area (Å²) in [6.07, 6.45) is -1.67. The van der Waals surface area contributed by atoms with E-state index in [1.807, 2.05) is 6.92 Å². The molecule has 1 saturated carbocycles. The fourth-order valence-corrected chi connectivity index (χ4v) is 2.11. The first kappa shape index (κ1) is 24.2. The minimum Gasteiger partial charge on any atom is -0.357 e. The number of carbonyl (C=O) groups is 1. The van der Waals surface area contributed by atoms with E-state index in [4.69, 9.17) is 0 Å². The van der Waals surface area contributed by atoms with Gasteiger partial charge in [0.05, 0.1) is 6.54 Å². The summed E-state index contributed by atoms with van der Waals surface area (Å²) < 4.78 is 36.6. The van der Waals surface area contributed by atoms with Gasteiger partial charge in [-0.15, -0.1) is 24.0 Å². The number of alkyl halides is 3. The molecule has 148 valence electrons. The van der Waals surface area contributed by atoms with Crippen molar-refractivity contribution >= 4 is 35.8 Å². The highest BCUT2D eigenvalue weighted by molar-refractivity contribution is 14.0. The Kier molecular flexibility index (Phi) is 12.2. The predicted molar refractivity (Wildman–Crippen MR) is 103 cm³/mol. The second kappa shape index (κ2) is 12.6. The predicted octanol–water partition coefficient (Wildman–Crippen LogP) is 1.57. The second-order valence-corrected chi connectivity index (χ2v) is 5.96. The molecule has 10 heteroatoms. The fourth-order valence-electron chi connectivity index (χ4n) is 2.11. The van der Waals surface area contributed by atoms with Crippen LogP contribution >= 0.6 is 24.0 Å². The molecule has 25 heavy (non-hydrogen) atoms. The van der Waals surface area contributed by atoms with E-state index < -0.39 is 12.7 Å². The lowest BCUT2D eigenvalue weighted by Crippen LogP contribution is -2.42. The van der Waals surface area contributed by atoms with E-state index in [2.05, 4.69) is 20.9 Å². The van der Waals surface area contributed by atoms with Gasteiger partial charge in [-0.2, -0.15) is 13.2 Å². The zero-order valence-corrected chi connectivity index (χ0v) is 17.1. The number of nitrogens with zero attached hydrogens (tertiary/aromatic N) is 2. The van der Waals surface area contributed by atoms with Gasteiger partial charge in [-0.3, -0.25) is 14.7 Å². The van der Waals surface area contributed by atoms with E-state index in [1.165, 1.54) is 11.9 Å². The normalized spacial score (nSPS) is 14.9. The van der Waals surface area contributed by atoms with Crippen LogP contribution in [-0.4, -0.2) is 69.3 Å². The van der Waals surface area contributed by atoms with Crippen LogP contribution in [0.2, 0.25) is 0 Å². The summed E-state index contributed by atoms with van der Waals surface area (Å²) in [5.74, 6) is 0.906. The monoisotopic (exact) mass is 479 g/mol. The molecule has 0 aromatic rings. The Hall–Kier alpha value is -0.780. The largest absolute Gasteiger partial charge is 0.401 e. The van der Waals surface area contributed by atoms with Crippen LogP contribution in [0.3, 0.4) is 0 Å². The maximum atomic E-state index is 12.2. The van der Waals surface area contributed by atoms with Gasteiger partial charge in [0, 0.05) is 32.1 Å². The summed E-state index contributed by atoms with van der Waals surface area (Å²) in [6.45, 7) is 3.56. The molecular weight excluding hydrogens is 450 g/mol. The SMILES string of the molecule is CCNC(=NCCCN(C)CC(F)(F)F)NCCNC(=O)C1CC1.I. The molecule has 0 aromatic carbocycles. The van der Waals surface area contributed by atoms with Crippen molar-refractivity contribution in [1.82, 2.24) is 20.9 Å². The van der Waals surface area contributed by atoms with Crippen molar-refractivity contribution in [2.24, 2.45) is 10.9 Å². The Morgan fingerprint density at radius 3 is 2.40 bits per heavy atom. The summed E-state index contributed by atoms with van der Waals surface area (Å²) in [5.41, 5.74) is 0. The van der Waals surface area contributed by atoms with Crippen molar-refractivity contribution in [3.63, 3.8) is 0 Å². The number of rotatable bonds is 10. The van der Waals surface area contributed by atoms with Gasteiger partial charge in [0.15, 0.2) is 5.96 Å². The van der Waals surface area contributed by atoms with Gasteiger partial charge in [0.1, 0.15) is 0 Å². The lowest BCUT2D eigenvalue weighted by molar-refractivity contribution is -0.143. The number of carbonyl (C=O) groups excluding carboxylic acids is 1. The number of guanidine groups is 1. The third-order valence-electron chi connectivity index (χ3n) is 3.43. The summed E-state index contributed by atoms with van der Waals surface area (Å²) in [6, 6.07) is 0. The summed E-state index contributed by atoms with van der Waals surface area (Å²) in [5, 5.41) is 9.01. The smallest absolute Gasteiger partial charge is 0.357 e. The van der Waals surface area contributed by atoms with Gasteiger partial charge in [-0.05, 0) is 39.8 Å². The molecule has 0 aromatic heterocycles. The minimum absolute atomic E-state index is 0. The third-order valence-corrected chi connectivity index (χ3v) is 3.43. The zero-order valence-electron chi connectivity index (χ0n) is 14.8. The van der Waals surface area contributed by atoms with Gasteiger partial charge in [0.2, 0.25) is 5.91 Å². The first-order valence-electron chi connectivity index (χ1n) is 8.37. The Labute approximate surface area is 164 Å². The average molecular weight is 479 g/mol.